The van der Waals surface area contributed by atoms with Gasteiger partial charge in [0.25, 0.3) is 5.91 Å². The van der Waals surface area contributed by atoms with E-state index < -0.39 is 0 Å². The Hall–Kier alpha value is -2.18. The van der Waals surface area contributed by atoms with Crippen molar-refractivity contribution in [2.45, 2.75) is 25.5 Å². The lowest BCUT2D eigenvalue weighted by Gasteiger charge is -2.14. The molecule has 1 aliphatic carbocycles. The minimum atomic E-state index is -0.0585. The van der Waals surface area contributed by atoms with Crippen molar-refractivity contribution in [1.29, 1.82) is 0 Å². The van der Waals surface area contributed by atoms with E-state index in [9.17, 15) is 4.79 Å². The molecule has 0 fully saturated rings. The highest BCUT2D eigenvalue weighted by Crippen LogP contribution is 2.33. The van der Waals surface area contributed by atoms with Crippen LogP contribution in [0.2, 0.25) is 0 Å². The van der Waals surface area contributed by atoms with E-state index in [-0.39, 0.29) is 11.9 Å². The third-order valence-electron chi connectivity index (χ3n) is 4.47. The van der Waals surface area contributed by atoms with E-state index in [4.69, 9.17) is 4.74 Å². The van der Waals surface area contributed by atoms with Crippen molar-refractivity contribution in [1.82, 2.24) is 10.3 Å². The molecule has 1 atom stereocenters. The van der Waals surface area contributed by atoms with Crippen molar-refractivity contribution in [3.63, 3.8) is 0 Å². The van der Waals surface area contributed by atoms with Crippen LogP contribution in [0.25, 0.3) is 0 Å². The number of halogens is 1. The largest absolute Gasteiger partial charge is 0.487 e. The highest BCUT2D eigenvalue weighted by Gasteiger charge is 2.24. The number of rotatable bonds is 5. The van der Waals surface area contributed by atoms with Crippen LogP contribution in [-0.4, -0.2) is 10.9 Å². The van der Waals surface area contributed by atoms with E-state index >= 15 is 0 Å². The Labute approximate surface area is 164 Å². The third kappa shape index (κ3) is 3.81. The number of thiazole rings is 1. The molecule has 1 aliphatic rings. The maximum Gasteiger partial charge on any atom is 0.251 e. The van der Waals surface area contributed by atoms with Gasteiger partial charge in [-0.2, -0.15) is 0 Å². The first kappa shape index (κ1) is 17.2. The lowest BCUT2D eigenvalue weighted by Crippen LogP contribution is -2.27. The van der Waals surface area contributed by atoms with Crippen LogP contribution >= 0.6 is 27.3 Å². The zero-order valence-corrected chi connectivity index (χ0v) is 16.3. The SMILES string of the molecule is O=C(NC1CCc2cc(Br)ccc21)c1ccc(OCc2cscn2)cc1. The number of hydrogen-bond acceptors (Lipinski definition) is 4. The van der Waals surface area contributed by atoms with Crippen LogP contribution in [0.1, 0.15) is 39.6 Å². The first-order valence-corrected chi connectivity index (χ1v) is 10.1. The number of benzene rings is 2. The molecule has 6 heteroatoms. The van der Waals surface area contributed by atoms with Gasteiger partial charge in [0, 0.05) is 15.4 Å². The van der Waals surface area contributed by atoms with Gasteiger partial charge in [0.05, 0.1) is 17.2 Å². The van der Waals surface area contributed by atoms with E-state index in [0.29, 0.717) is 12.2 Å². The highest BCUT2D eigenvalue weighted by molar-refractivity contribution is 9.10. The Balaban J connectivity index is 1.38. The standard InChI is InChI=1S/C20H17BrN2O2S/c21-15-4-7-18-14(9-15)3-8-19(18)23-20(24)13-1-5-17(6-2-13)25-10-16-11-26-12-22-16/h1-2,4-7,9,11-12,19H,3,8,10H2,(H,23,24). The van der Waals surface area contributed by atoms with Crippen LogP contribution in [0.4, 0.5) is 0 Å². The molecule has 1 amide bonds. The molecule has 132 valence electrons. The minimum absolute atomic E-state index is 0.0585. The minimum Gasteiger partial charge on any atom is -0.487 e. The second-order valence-electron chi connectivity index (χ2n) is 6.20. The maximum absolute atomic E-state index is 12.6. The maximum atomic E-state index is 12.6. The molecular formula is C20H17BrN2O2S. The Kier molecular flexibility index (Phi) is 5.04. The first-order chi connectivity index (χ1) is 12.7. The molecule has 0 radical (unpaired) electrons. The molecule has 3 aromatic rings. The van der Waals surface area contributed by atoms with Crippen LogP contribution < -0.4 is 10.1 Å². The van der Waals surface area contributed by atoms with E-state index in [1.54, 1.807) is 29.0 Å². The van der Waals surface area contributed by atoms with Gasteiger partial charge in [-0.1, -0.05) is 22.0 Å². The summed E-state index contributed by atoms with van der Waals surface area (Å²) in [5, 5.41) is 5.10. The summed E-state index contributed by atoms with van der Waals surface area (Å²) in [5.41, 5.74) is 5.84. The molecule has 1 heterocycles. The number of ether oxygens (including phenoxy) is 1. The van der Waals surface area contributed by atoms with Gasteiger partial charge >= 0.3 is 0 Å². The first-order valence-electron chi connectivity index (χ1n) is 8.38. The smallest absolute Gasteiger partial charge is 0.251 e. The van der Waals surface area contributed by atoms with Crippen molar-refractivity contribution < 1.29 is 9.53 Å². The summed E-state index contributed by atoms with van der Waals surface area (Å²) in [4.78, 5) is 16.7. The van der Waals surface area contributed by atoms with Crippen LogP contribution in [0.3, 0.4) is 0 Å². The normalized spacial score (nSPS) is 15.5. The Morgan fingerprint density at radius 2 is 2.12 bits per heavy atom. The molecule has 4 nitrogen and oxygen atoms in total. The van der Waals surface area contributed by atoms with Gasteiger partial charge in [0.2, 0.25) is 0 Å². The Bertz CT molecular complexity index is 910. The summed E-state index contributed by atoms with van der Waals surface area (Å²) in [6.45, 7) is 0.434. The second-order valence-corrected chi connectivity index (χ2v) is 7.84. The molecule has 0 aliphatic heterocycles. The molecule has 26 heavy (non-hydrogen) atoms. The molecule has 4 rings (SSSR count). The molecule has 1 unspecified atom stereocenters. The summed E-state index contributed by atoms with van der Waals surface area (Å²) in [6.07, 6.45) is 1.93. The number of nitrogens with one attached hydrogen (secondary N) is 1. The monoisotopic (exact) mass is 428 g/mol. The van der Waals surface area contributed by atoms with Crippen molar-refractivity contribution in [2.75, 3.05) is 0 Å². The molecule has 1 N–H and O–H groups in total. The fraction of sp³-hybridized carbons (Fsp3) is 0.200. The van der Waals surface area contributed by atoms with Crippen molar-refractivity contribution >= 4 is 33.2 Å². The number of amides is 1. The van der Waals surface area contributed by atoms with Gasteiger partial charge in [0.1, 0.15) is 12.4 Å². The predicted octanol–water partition coefficient (Wildman–Crippen LogP) is 4.90. The topological polar surface area (TPSA) is 51.2 Å². The van der Waals surface area contributed by atoms with Crippen LogP contribution in [0.5, 0.6) is 5.75 Å². The molecule has 0 bridgehead atoms. The number of aryl methyl sites for hydroxylation is 1. The fourth-order valence-corrected chi connectivity index (χ4v) is 4.10. The van der Waals surface area contributed by atoms with Gasteiger partial charge in [-0.25, -0.2) is 4.98 Å². The summed E-state index contributed by atoms with van der Waals surface area (Å²) in [5.74, 6) is 0.669. The average Bonchev–Trinajstić information content (AvgIpc) is 3.30. The van der Waals surface area contributed by atoms with Crippen LogP contribution in [0.15, 0.2) is 57.8 Å². The van der Waals surface area contributed by atoms with Crippen LogP contribution in [-0.2, 0) is 13.0 Å². The number of hydrogen-bond donors (Lipinski definition) is 1. The zero-order chi connectivity index (χ0) is 17.9. The zero-order valence-electron chi connectivity index (χ0n) is 13.9. The molecule has 1 aromatic heterocycles. The van der Waals surface area contributed by atoms with Crippen molar-refractivity contribution in [3.8, 4) is 5.75 Å². The van der Waals surface area contributed by atoms with Gasteiger partial charge < -0.3 is 10.1 Å². The van der Waals surface area contributed by atoms with Gasteiger partial charge in [-0.3, -0.25) is 4.79 Å². The van der Waals surface area contributed by atoms with E-state index in [0.717, 1.165) is 28.8 Å². The average molecular weight is 429 g/mol. The Morgan fingerprint density at radius 1 is 1.27 bits per heavy atom. The Morgan fingerprint density at radius 3 is 2.88 bits per heavy atom. The lowest BCUT2D eigenvalue weighted by atomic mass is 10.1. The number of fused-ring (bicyclic) bond motifs is 1. The predicted molar refractivity (Wildman–Crippen MR) is 106 cm³/mol. The molecule has 0 spiro atoms. The van der Waals surface area contributed by atoms with Crippen molar-refractivity contribution in [3.05, 3.63) is 80.2 Å². The number of aromatic nitrogens is 1. The molecule has 0 saturated heterocycles. The van der Waals surface area contributed by atoms with Crippen molar-refractivity contribution in [2.24, 2.45) is 0 Å². The van der Waals surface area contributed by atoms with E-state index in [1.165, 1.54) is 11.1 Å². The van der Waals surface area contributed by atoms with E-state index in [2.05, 4.69) is 38.4 Å². The third-order valence-corrected chi connectivity index (χ3v) is 5.60. The summed E-state index contributed by atoms with van der Waals surface area (Å²) >= 11 is 5.05. The second kappa shape index (κ2) is 7.60. The molecular weight excluding hydrogens is 412 g/mol. The molecule has 0 saturated carbocycles. The number of carbonyl (C=O) groups excluding carboxylic acids is 1. The quantitative estimate of drug-likeness (QED) is 0.628. The summed E-state index contributed by atoms with van der Waals surface area (Å²) in [7, 11) is 0. The van der Waals surface area contributed by atoms with Gasteiger partial charge in [-0.05, 0) is 60.4 Å². The highest BCUT2D eigenvalue weighted by atomic mass is 79.9. The lowest BCUT2D eigenvalue weighted by molar-refractivity contribution is 0.0936. The van der Waals surface area contributed by atoms with Gasteiger partial charge in [-0.15, -0.1) is 11.3 Å². The summed E-state index contributed by atoms with van der Waals surface area (Å²) in [6, 6.07) is 13.6. The summed E-state index contributed by atoms with van der Waals surface area (Å²) < 4.78 is 6.76. The number of nitrogens with zero attached hydrogens (tertiary/aromatic N) is 1. The number of carbonyl (C=O) groups is 1. The molecule has 2 aromatic carbocycles. The van der Waals surface area contributed by atoms with Gasteiger partial charge in [0.15, 0.2) is 0 Å². The van der Waals surface area contributed by atoms with E-state index in [1.807, 2.05) is 23.6 Å². The van der Waals surface area contributed by atoms with Crippen LogP contribution in [0, 0.1) is 0 Å². The fourth-order valence-electron chi connectivity index (χ4n) is 3.15.